The van der Waals surface area contributed by atoms with Crippen molar-refractivity contribution in [2.45, 2.75) is 19.4 Å². The lowest BCUT2D eigenvalue weighted by Gasteiger charge is -2.17. The Morgan fingerprint density at radius 3 is 2.40 bits per heavy atom. The van der Waals surface area contributed by atoms with Crippen molar-refractivity contribution in [1.82, 2.24) is 5.32 Å². The molecule has 2 aromatic rings. The molecule has 0 aliphatic heterocycles. The molecule has 0 saturated heterocycles. The highest BCUT2D eigenvalue weighted by Crippen LogP contribution is 2.16. The number of benzene rings is 2. The summed E-state index contributed by atoms with van der Waals surface area (Å²) < 4.78 is 21.3. The second-order valence-electron chi connectivity index (χ2n) is 6.17. The predicted octanol–water partition coefficient (Wildman–Crippen LogP) is 3.47. The van der Waals surface area contributed by atoms with Crippen LogP contribution < -0.4 is 14.8 Å². The van der Waals surface area contributed by atoms with E-state index in [0.717, 1.165) is 11.3 Å². The van der Waals surface area contributed by atoms with Gasteiger partial charge >= 0.3 is 0 Å². The zero-order valence-corrected chi connectivity index (χ0v) is 17.9. The minimum absolute atomic E-state index is 0.124. The second-order valence-corrected chi connectivity index (χ2v) is 6.60. The van der Waals surface area contributed by atoms with Crippen molar-refractivity contribution >= 4 is 17.5 Å². The van der Waals surface area contributed by atoms with Gasteiger partial charge in [-0.05, 0) is 61.2 Å². The van der Waals surface area contributed by atoms with E-state index in [4.69, 9.17) is 25.8 Å². The summed E-state index contributed by atoms with van der Waals surface area (Å²) in [7, 11) is 1.50. The number of nitrogens with one attached hydrogen (secondary N) is 1. The van der Waals surface area contributed by atoms with E-state index in [2.05, 4.69) is 22.1 Å². The number of halogens is 1. The van der Waals surface area contributed by atoms with Crippen molar-refractivity contribution in [2.24, 2.45) is 0 Å². The lowest BCUT2D eigenvalue weighted by atomic mass is 10.1. The quantitative estimate of drug-likeness (QED) is 0.552. The number of hydrogen-bond donors (Lipinski definition) is 1. The molecule has 2 rings (SSSR count). The van der Waals surface area contributed by atoms with Gasteiger partial charge in [-0.15, -0.1) is 0 Å². The summed E-state index contributed by atoms with van der Waals surface area (Å²) in [5.41, 5.74) is 1.08. The first-order valence-corrected chi connectivity index (χ1v) is 10.0. The van der Waals surface area contributed by atoms with Crippen LogP contribution in [0, 0.1) is 12.0 Å². The molecule has 6 nitrogen and oxygen atoms in total. The van der Waals surface area contributed by atoms with Crippen LogP contribution in [0.25, 0.3) is 0 Å². The van der Waals surface area contributed by atoms with Gasteiger partial charge < -0.3 is 24.3 Å². The maximum atomic E-state index is 12.4. The molecule has 0 aliphatic carbocycles. The molecule has 0 aromatic heterocycles. The molecule has 0 fully saturated rings. The molecule has 0 heterocycles. The van der Waals surface area contributed by atoms with Gasteiger partial charge in [-0.1, -0.05) is 23.7 Å². The van der Waals surface area contributed by atoms with E-state index < -0.39 is 6.10 Å². The molecule has 0 aliphatic rings. The lowest BCUT2D eigenvalue weighted by molar-refractivity contribution is -0.134. The Bertz CT molecular complexity index is 827. The summed E-state index contributed by atoms with van der Waals surface area (Å²) in [5.74, 6) is 3.87. The molecule has 1 atom stereocenters. The van der Waals surface area contributed by atoms with Gasteiger partial charge in [0.25, 0.3) is 5.91 Å². The van der Waals surface area contributed by atoms with Crippen LogP contribution in [-0.4, -0.2) is 45.5 Å². The average Bonchev–Trinajstić information content (AvgIpc) is 2.76. The van der Waals surface area contributed by atoms with E-state index in [1.165, 1.54) is 7.11 Å². The minimum Gasteiger partial charge on any atom is -0.490 e. The number of rotatable bonds is 11. The van der Waals surface area contributed by atoms with Gasteiger partial charge in [0, 0.05) is 18.2 Å². The van der Waals surface area contributed by atoms with Crippen molar-refractivity contribution in [3.63, 3.8) is 0 Å². The van der Waals surface area contributed by atoms with Crippen LogP contribution in [0.3, 0.4) is 0 Å². The standard InChI is InChI=1S/C23H26ClNO5/c1-3-28-22(17-30-21-11-7-19(24)8-12-21)23(26)25-14-13-18-5-9-20(10-6-18)29-16-4-15-27-2/h5-12,22H,3,13-14,16-17H2,1-2H3,(H,25,26). The van der Waals surface area contributed by atoms with Gasteiger partial charge in [0.1, 0.15) is 24.2 Å². The van der Waals surface area contributed by atoms with Gasteiger partial charge in [0.05, 0.1) is 7.11 Å². The van der Waals surface area contributed by atoms with E-state index in [1.807, 2.05) is 31.2 Å². The number of amides is 1. The Kier molecular flexibility index (Phi) is 10.4. The van der Waals surface area contributed by atoms with Gasteiger partial charge in [-0.3, -0.25) is 4.79 Å². The van der Waals surface area contributed by atoms with Crippen LogP contribution in [0.5, 0.6) is 11.5 Å². The first-order valence-electron chi connectivity index (χ1n) is 9.62. The van der Waals surface area contributed by atoms with Crippen LogP contribution in [0.1, 0.15) is 12.5 Å². The summed E-state index contributed by atoms with van der Waals surface area (Å²) in [4.78, 5) is 12.4. The van der Waals surface area contributed by atoms with Crippen molar-refractivity contribution in [1.29, 1.82) is 0 Å². The predicted molar refractivity (Wildman–Crippen MR) is 116 cm³/mol. The Morgan fingerprint density at radius 2 is 1.73 bits per heavy atom. The average molecular weight is 432 g/mol. The van der Waals surface area contributed by atoms with Crippen LogP contribution in [0.4, 0.5) is 0 Å². The van der Waals surface area contributed by atoms with Crippen LogP contribution in [0.15, 0.2) is 48.5 Å². The Morgan fingerprint density at radius 1 is 1.07 bits per heavy atom. The van der Waals surface area contributed by atoms with Gasteiger partial charge in [-0.25, -0.2) is 0 Å². The molecule has 1 amide bonds. The molecule has 0 spiro atoms. The fourth-order valence-electron chi connectivity index (χ4n) is 2.52. The zero-order valence-electron chi connectivity index (χ0n) is 17.2. The molecule has 1 N–H and O–H groups in total. The third-order valence-corrected chi connectivity index (χ3v) is 4.25. The number of ether oxygens (including phenoxy) is 4. The van der Waals surface area contributed by atoms with Gasteiger partial charge in [-0.2, -0.15) is 0 Å². The molecule has 0 radical (unpaired) electrons. The van der Waals surface area contributed by atoms with Crippen molar-refractivity contribution in [2.75, 3.05) is 33.5 Å². The van der Waals surface area contributed by atoms with Crippen molar-refractivity contribution in [3.8, 4) is 23.5 Å². The molecule has 160 valence electrons. The fourth-order valence-corrected chi connectivity index (χ4v) is 2.65. The highest BCUT2D eigenvalue weighted by atomic mass is 35.5. The molecule has 7 heteroatoms. The maximum absolute atomic E-state index is 12.4. The molecule has 0 bridgehead atoms. The first kappa shape index (κ1) is 23.4. The van der Waals surface area contributed by atoms with Crippen LogP contribution >= 0.6 is 11.6 Å². The third kappa shape index (κ3) is 8.64. The highest BCUT2D eigenvalue weighted by molar-refractivity contribution is 6.30. The summed E-state index contributed by atoms with van der Waals surface area (Å²) >= 11 is 5.86. The summed E-state index contributed by atoms with van der Waals surface area (Å²) in [6.45, 7) is 3.13. The number of carbonyl (C=O) groups is 1. The Labute approximate surface area is 182 Å². The molecule has 1 unspecified atom stereocenters. The monoisotopic (exact) mass is 431 g/mol. The SMILES string of the molecule is CCOC(COc1ccc(Cl)cc1)C(=O)NCCc1ccc(OCC#COC)cc1. The van der Waals surface area contributed by atoms with Crippen LogP contribution in [-0.2, 0) is 20.7 Å². The lowest BCUT2D eigenvalue weighted by Crippen LogP contribution is -2.41. The summed E-state index contributed by atoms with van der Waals surface area (Å²) in [5, 5.41) is 3.52. The van der Waals surface area contributed by atoms with E-state index in [-0.39, 0.29) is 19.1 Å². The van der Waals surface area contributed by atoms with Gasteiger partial charge in [0.2, 0.25) is 0 Å². The second kappa shape index (κ2) is 13.4. The van der Waals surface area contributed by atoms with Crippen LogP contribution in [0.2, 0.25) is 5.02 Å². The normalized spacial score (nSPS) is 11.0. The van der Waals surface area contributed by atoms with Crippen molar-refractivity contribution < 1.29 is 23.7 Å². The largest absolute Gasteiger partial charge is 0.490 e. The van der Waals surface area contributed by atoms with Crippen molar-refractivity contribution in [3.05, 3.63) is 59.1 Å². The van der Waals surface area contributed by atoms with Gasteiger partial charge in [0.15, 0.2) is 12.7 Å². The van der Waals surface area contributed by atoms with E-state index in [9.17, 15) is 4.79 Å². The number of carbonyl (C=O) groups excluding carboxylic acids is 1. The summed E-state index contributed by atoms with van der Waals surface area (Å²) in [6.07, 6.45) is 2.47. The number of hydrogen-bond acceptors (Lipinski definition) is 5. The Hall–Kier alpha value is -2.88. The maximum Gasteiger partial charge on any atom is 0.252 e. The first-order chi connectivity index (χ1) is 14.6. The molecular formula is C23H26ClNO5. The third-order valence-electron chi connectivity index (χ3n) is 4.00. The van der Waals surface area contributed by atoms with E-state index in [1.54, 1.807) is 24.3 Å². The topological polar surface area (TPSA) is 66.0 Å². The fraction of sp³-hybridized carbons (Fsp3) is 0.348. The van der Waals surface area contributed by atoms with E-state index in [0.29, 0.717) is 30.3 Å². The molecule has 0 saturated carbocycles. The zero-order chi connectivity index (χ0) is 21.6. The molecular weight excluding hydrogens is 406 g/mol. The number of methoxy groups -OCH3 is 1. The molecule has 30 heavy (non-hydrogen) atoms. The molecule has 2 aromatic carbocycles. The Balaban J connectivity index is 1.75. The highest BCUT2D eigenvalue weighted by Gasteiger charge is 2.19. The smallest absolute Gasteiger partial charge is 0.252 e. The minimum atomic E-state index is -0.685. The summed E-state index contributed by atoms with van der Waals surface area (Å²) in [6, 6.07) is 14.6. The van der Waals surface area contributed by atoms with E-state index >= 15 is 0 Å².